The monoisotopic (exact) mass is 204 g/mol. The Morgan fingerprint density at radius 3 is 2.93 bits per heavy atom. The Kier molecular flexibility index (Phi) is 2.17. The molecule has 0 bridgehead atoms. The molecule has 0 spiro atoms. The first kappa shape index (κ1) is 9.33. The van der Waals surface area contributed by atoms with Crippen molar-refractivity contribution >= 4 is 23.0 Å². The van der Waals surface area contributed by atoms with E-state index in [4.69, 9.17) is 9.52 Å². The highest BCUT2D eigenvalue weighted by Gasteiger charge is 2.03. The number of hydrogen-bond donors (Lipinski definition) is 2. The number of benzene rings is 1. The molecule has 2 N–H and O–H groups in total. The molecule has 1 aromatic heterocycles. The van der Waals surface area contributed by atoms with Crippen LogP contribution in [0.15, 0.2) is 35.0 Å². The van der Waals surface area contributed by atoms with E-state index >= 15 is 0 Å². The average Bonchev–Trinajstić information content (AvgIpc) is 2.60. The first-order valence-electron chi connectivity index (χ1n) is 4.28. The zero-order valence-electron chi connectivity index (χ0n) is 7.68. The van der Waals surface area contributed by atoms with Crippen molar-refractivity contribution in [1.82, 2.24) is 0 Å². The maximum atomic E-state index is 10.3. The number of carboxylic acids is 1. The fourth-order valence-electron chi connectivity index (χ4n) is 1.31. The van der Waals surface area contributed by atoms with E-state index in [0.29, 0.717) is 11.1 Å². The molecule has 2 aromatic rings. The lowest BCUT2D eigenvalue weighted by atomic mass is 10.1. The predicted molar refractivity (Wildman–Crippen MR) is 54.5 cm³/mol. The highest BCUT2D eigenvalue weighted by molar-refractivity contribution is 5.88. The van der Waals surface area contributed by atoms with E-state index in [1.807, 2.05) is 0 Å². The normalized spacial score (nSPS) is 11.2. The summed E-state index contributed by atoms with van der Waals surface area (Å²) in [5.74, 6) is -1.06. The van der Waals surface area contributed by atoms with Crippen molar-refractivity contribution in [2.24, 2.45) is 0 Å². The Morgan fingerprint density at radius 1 is 1.40 bits per heavy atom. The van der Waals surface area contributed by atoms with Crippen LogP contribution in [0, 0.1) is 0 Å². The van der Waals surface area contributed by atoms with Crippen LogP contribution in [-0.2, 0) is 4.79 Å². The second kappa shape index (κ2) is 3.49. The van der Waals surface area contributed by atoms with Gasteiger partial charge in [-0.3, -0.25) is 0 Å². The van der Waals surface area contributed by atoms with Crippen molar-refractivity contribution in [2.75, 3.05) is 0 Å². The summed E-state index contributed by atoms with van der Waals surface area (Å²) in [7, 11) is 0. The summed E-state index contributed by atoms with van der Waals surface area (Å²) in [6, 6.07) is 4.86. The third kappa shape index (κ3) is 1.83. The predicted octanol–water partition coefficient (Wildman–Crippen LogP) is 2.24. The number of fused-ring (bicyclic) bond motifs is 1. The number of phenols is 1. The summed E-state index contributed by atoms with van der Waals surface area (Å²) in [4.78, 5) is 10.3. The molecule has 0 fully saturated rings. The van der Waals surface area contributed by atoms with Gasteiger partial charge in [-0.05, 0) is 18.2 Å². The third-order valence-electron chi connectivity index (χ3n) is 2.01. The highest BCUT2D eigenvalue weighted by Crippen LogP contribution is 2.26. The summed E-state index contributed by atoms with van der Waals surface area (Å²) in [5, 5.41) is 18.8. The first-order valence-corrected chi connectivity index (χ1v) is 4.28. The van der Waals surface area contributed by atoms with Crippen molar-refractivity contribution in [2.45, 2.75) is 0 Å². The number of rotatable bonds is 2. The van der Waals surface area contributed by atoms with Crippen LogP contribution in [0.5, 0.6) is 5.75 Å². The quantitative estimate of drug-likeness (QED) is 0.736. The molecule has 15 heavy (non-hydrogen) atoms. The summed E-state index contributed by atoms with van der Waals surface area (Å²) >= 11 is 0. The topological polar surface area (TPSA) is 70.7 Å². The van der Waals surface area contributed by atoms with Crippen LogP contribution in [0.3, 0.4) is 0 Å². The SMILES string of the molecule is O=C(O)/C=C/c1cc2ccoc2cc1O. The molecule has 0 aliphatic rings. The van der Waals surface area contributed by atoms with Gasteiger partial charge in [-0.2, -0.15) is 0 Å². The van der Waals surface area contributed by atoms with Crippen molar-refractivity contribution in [3.05, 3.63) is 36.1 Å². The van der Waals surface area contributed by atoms with Crippen LogP contribution in [0.1, 0.15) is 5.56 Å². The van der Waals surface area contributed by atoms with Gasteiger partial charge in [0.05, 0.1) is 6.26 Å². The van der Waals surface area contributed by atoms with Gasteiger partial charge in [0.2, 0.25) is 0 Å². The van der Waals surface area contributed by atoms with Crippen LogP contribution in [-0.4, -0.2) is 16.2 Å². The minimum atomic E-state index is -1.05. The van der Waals surface area contributed by atoms with E-state index in [0.717, 1.165) is 11.5 Å². The molecule has 4 heteroatoms. The van der Waals surface area contributed by atoms with Gasteiger partial charge in [0.25, 0.3) is 0 Å². The van der Waals surface area contributed by atoms with Crippen molar-refractivity contribution < 1.29 is 19.4 Å². The zero-order chi connectivity index (χ0) is 10.8. The zero-order valence-corrected chi connectivity index (χ0v) is 7.68. The molecule has 1 aromatic carbocycles. The number of carboxylic acid groups (broad SMARTS) is 1. The molecule has 76 valence electrons. The summed E-state index contributed by atoms with van der Waals surface area (Å²) in [5.41, 5.74) is 1.02. The fourth-order valence-corrected chi connectivity index (χ4v) is 1.31. The third-order valence-corrected chi connectivity index (χ3v) is 2.01. The van der Waals surface area contributed by atoms with Gasteiger partial charge in [-0.1, -0.05) is 0 Å². The minimum absolute atomic E-state index is 0.00468. The molecule has 0 amide bonds. The number of carbonyl (C=O) groups is 1. The van der Waals surface area contributed by atoms with E-state index in [1.54, 1.807) is 12.1 Å². The van der Waals surface area contributed by atoms with Gasteiger partial charge >= 0.3 is 5.97 Å². The van der Waals surface area contributed by atoms with E-state index in [9.17, 15) is 9.90 Å². The summed E-state index contributed by atoms with van der Waals surface area (Å²) in [6.07, 6.45) is 3.82. The van der Waals surface area contributed by atoms with Crippen LogP contribution in [0.2, 0.25) is 0 Å². The Morgan fingerprint density at radius 2 is 2.20 bits per heavy atom. The molecule has 0 unspecified atom stereocenters. The van der Waals surface area contributed by atoms with E-state index < -0.39 is 5.97 Å². The number of phenolic OH excluding ortho intramolecular Hbond substituents is 1. The van der Waals surface area contributed by atoms with Gasteiger partial charge in [0, 0.05) is 23.1 Å². The Labute approximate surface area is 85.1 Å². The molecule has 0 aliphatic heterocycles. The van der Waals surface area contributed by atoms with Crippen molar-refractivity contribution in [3.63, 3.8) is 0 Å². The second-order valence-electron chi connectivity index (χ2n) is 3.04. The number of aromatic hydroxyl groups is 1. The highest BCUT2D eigenvalue weighted by atomic mass is 16.4. The number of hydrogen-bond acceptors (Lipinski definition) is 3. The number of aliphatic carboxylic acids is 1. The molecule has 0 atom stereocenters. The van der Waals surface area contributed by atoms with Gasteiger partial charge in [0.1, 0.15) is 11.3 Å². The molecule has 1 heterocycles. The average molecular weight is 204 g/mol. The Balaban J connectivity index is 2.50. The maximum absolute atomic E-state index is 10.3. The molecular formula is C11H8O4. The van der Waals surface area contributed by atoms with Gasteiger partial charge in [0.15, 0.2) is 0 Å². The van der Waals surface area contributed by atoms with E-state index in [-0.39, 0.29) is 5.75 Å². The number of furan rings is 1. The smallest absolute Gasteiger partial charge is 0.328 e. The Hall–Kier alpha value is -2.23. The van der Waals surface area contributed by atoms with Crippen LogP contribution >= 0.6 is 0 Å². The maximum Gasteiger partial charge on any atom is 0.328 e. The molecule has 0 aliphatic carbocycles. The lowest BCUT2D eigenvalue weighted by Gasteiger charge is -1.98. The Bertz CT molecular complexity index is 537. The first-order chi connectivity index (χ1) is 7.16. The molecule has 0 saturated heterocycles. The van der Waals surface area contributed by atoms with E-state index in [2.05, 4.69) is 0 Å². The van der Waals surface area contributed by atoms with Crippen LogP contribution in [0.25, 0.3) is 17.0 Å². The fraction of sp³-hybridized carbons (Fsp3) is 0. The summed E-state index contributed by atoms with van der Waals surface area (Å²) in [6.45, 7) is 0. The minimum Gasteiger partial charge on any atom is -0.507 e. The molecular weight excluding hydrogens is 196 g/mol. The van der Waals surface area contributed by atoms with Crippen LogP contribution < -0.4 is 0 Å². The van der Waals surface area contributed by atoms with Gasteiger partial charge in [-0.15, -0.1) is 0 Å². The largest absolute Gasteiger partial charge is 0.507 e. The van der Waals surface area contributed by atoms with Crippen molar-refractivity contribution in [1.29, 1.82) is 0 Å². The van der Waals surface area contributed by atoms with Gasteiger partial charge in [-0.25, -0.2) is 4.79 Å². The molecule has 2 rings (SSSR count). The standard InChI is InChI=1S/C11H8O4/c12-9-6-10-8(3-4-15-10)5-7(9)1-2-11(13)14/h1-6,12H,(H,13,14)/b2-1+. The molecule has 4 nitrogen and oxygen atoms in total. The van der Waals surface area contributed by atoms with Gasteiger partial charge < -0.3 is 14.6 Å². The molecule has 0 radical (unpaired) electrons. The second-order valence-corrected chi connectivity index (χ2v) is 3.04. The molecule has 0 saturated carbocycles. The lowest BCUT2D eigenvalue weighted by molar-refractivity contribution is -0.131. The van der Waals surface area contributed by atoms with Crippen molar-refractivity contribution in [3.8, 4) is 5.75 Å². The van der Waals surface area contributed by atoms with Crippen LogP contribution in [0.4, 0.5) is 0 Å². The lowest BCUT2D eigenvalue weighted by Crippen LogP contribution is -1.85. The van der Waals surface area contributed by atoms with E-state index in [1.165, 1.54) is 18.4 Å². The summed E-state index contributed by atoms with van der Waals surface area (Å²) < 4.78 is 5.08.